The van der Waals surface area contributed by atoms with Gasteiger partial charge in [-0.2, -0.15) is 5.10 Å². The number of amides is 1. The Hall–Kier alpha value is -2.37. The van der Waals surface area contributed by atoms with Crippen molar-refractivity contribution >= 4 is 5.91 Å². The molecule has 6 nitrogen and oxygen atoms in total. The minimum atomic E-state index is -0.0448. The predicted octanol–water partition coefficient (Wildman–Crippen LogP) is 2.34. The van der Waals surface area contributed by atoms with Crippen LogP contribution in [0.1, 0.15) is 60.9 Å². The Bertz CT molecular complexity index is 790. The number of carbonyl (C=O) groups excluding carboxylic acids is 1. The molecule has 24 heavy (non-hydrogen) atoms. The van der Waals surface area contributed by atoms with Crippen LogP contribution in [0.3, 0.4) is 0 Å². The molecule has 2 aromatic heterocycles. The van der Waals surface area contributed by atoms with E-state index in [9.17, 15) is 9.59 Å². The second-order valence-corrected chi connectivity index (χ2v) is 6.65. The van der Waals surface area contributed by atoms with E-state index in [1.807, 2.05) is 45.2 Å². The summed E-state index contributed by atoms with van der Waals surface area (Å²) < 4.78 is 1.78. The van der Waals surface area contributed by atoms with Crippen LogP contribution < -0.4 is 5.56 Å². The van der Waals surface area contributed by atoms with Crippen molar-refractivity contribution in [3.05, 3.63) is 51.7 Å². The van der Waals surface area contributed by atoms with Crippen LogP contribution in [0.2, 0.25) is 0 Å². The summed E-state index contributed by atoms with van der Waals surface area (Å²) in [5, 5.41) is 7.03. The van der Waals surface area contributed by atoms with Crippen molar-refractivity contribution in [2.75, 3.05) is 13.1 Å². The fourth-order valence-corrected chi connectivity index (χ4v) is 3.18. The smallest absolute Gasteiger partial charge is 0.271 e. The molecule has 1 fully saturated rings. The standard InChI is InChI=1S/C18H24N4O2/c1-4-13-6-5-8-22(17(13)23)14-7-9-21(11-14)18(24)16-10-15(12(2)3)19-20-16/h5-6,8,10,12,14H,4,7,9,11H2,1-3H3,(H,19,20). The number of nitrogens with zero attached hydrogens (tertiary/aromatic N) is 3. The van der Waals surface area contributed by atoms with E-state index in [-0.39, 0.29) is 23.4 Å². The largest absolute Gasteiger partial charge is 0.335 e. The third-order valence-corrected chi connectivity index (χ3v) is 4.70. The van der Waals surface area contributed by atoms with Crippen molar-refractivity contribution in [3.8, 4) is 0 Å². The summed E-state index contributed by atoms with van der Waals surface area (Å²) in [5.74, 6) is 0.237. The lowest BCUT2D eigenvalue weighted by Gasteiger charge is -2.17. The highest BCUT2D eigenvalue weighted by atomic mass is 16.2. The van der Waals surface area contributed by atoms with Gasteiger partial charge in [0.1, 0.15) is 5.69 Å². The molecule has 2 aromatic rings. The van der Waals surface area contributed by atoms with E-state index in [1.165, 1.54) is 0 Å². The summed E-state index contributed by atoms with van der Waals surface area (Å²) in [6, 6.07) is 5.65. The highest BCUT2D eigenvalue weighted by Gasteiger charge is 2.29. The van der Waals surface area contributed by atoms with Crippen LogP contribution >= 0.6 is 0 Å². The van der Waals surface area contributed by atoms with Gasteiger partial charge in [0.15, 0.2) is 0 Å². The minimum absolute atomic E-state index is 0.0421. The van der Waals surface area contributed by atoms with Crippen LogP contribution in [0.25, 0.3) is 0 Å². The lowest BCUT2D eigenvalue weighted by Crippen LogP contribution is -2.32. The van der Waals surface area contributed by atoms with Crippen LogP contribution in [0.15, 0.2) is 29.2 Å². The summed E-state index contributed by atoms with van der Waals surface area (Å²) in [4.78, 5) is 26.9. The highest BCUT2D eigenvalue weighted by molar-refractivity contribution is 5.92. The Kier molecular flexibility index (Phi) is 4.55. The number of H-pyrrole nitrogens is 1. The van der Waals surface area contributed by atoms with Crippen molar-refractivity contribution in [1.29, 1.82) is 0 Å². The summed E-state index contributed by atoms with van der Waals surface area (Å²) >= 11 is 0. The van der Waals surface area contributed by atoms with E-state index in [0.29, 0.717) is 18.8 Å². The fraction of sp³-hybridized carbons (Fsp3) is 0.500. The average Bonchev–Trinajstić information content (AvgIpc) is 3.24. The van der Waals surface area contributed by atoms with Crippen LogP contribution in [-0.2, 0) is 6.42 Å². The molecular weight excluding hydrogens is 304 g/mol. The first kappa shape index (κ1) is 16.5. The fourth-order valence-electron chi connectivity index (χ4n) is 3.18. The molecule has 1 aliphatic rings. The van der Waals surface area contributed by atoms with Crippen LogP contribution in [0.5, 0.6) is 0 Å². The molecule has 0 aromatic carbocycles. The number of aryl methyl sites for hydroxylation is 1. The molecule has 1 atom stereocenters. The topological polar surface area (TPSA) is 71.0 Å². The molecule has 0 aliphatic carbocycles. The molecule has 3 rings (SSSR count). The molecule has 1 saturated heterocycles. The number of pyridine rings is 1. The SMILES string of the molecule is CCc1cccn(C2CCN(C(=O)c3cc(C(C)C)n[nH]3)C2)c1=O. The number of hydrogen-bond donors (Lipinski definition) is 1. The zero-order valence-electron chi connectivity index (χ0n) is 14.5. The molecule has 128 valence electrons. The maximum absolute atomic E-state index is 12.6. The number of nitrogens with one attached hydrogen (secondary N) is 1. The molecule has 0 spiro atoms. The lowest BCUT2D eigenvalue weighted by molar-refractivity contribution is 0.0781. The molecule has 1 amide bonds. The third-order valence-electron chi connectivity index (χ3n) is 4.70. The first-order valence-corrected chi connectivity index (χ1v) is 8.55. The van der Waals surface area contributed by atoms with E-state index in [4.69, 9.17) is 0 Å². The molecule has 0 radical (unpaired) electrons. The van der Waals surface area contributed by atoms with Crippen molar-refractivity contribution < 1.29 is 4.79 Å². The Morgan fingerprint density at radius 3 is 2.92 bits per heavy atom. The van der Waals surface area contributed by atoms with E-state index in [2.05, 4.69) is 10.2 Å². The first-order valence-electron chi connectivity index (χ1n) is 8.55. The van der Waals surface area contributed by atoms with Gasteiger partial charge in [-0.05, 0) is 30.9 Å². The summed E-state index contributed by atoms with van der Waals surface area (Å²) in [5.41, 5.74) is 2.29. The third kappa shape index (κ3) is 3.00. The summed E-state index contributed by atoms with van der Waals surface area (Å²) in [6.07, 6.45) is 3.35. The Morgan fingerprint density at radius 2 is 2.25 bits per heavy atom. The number of hydrogen-bond acceptors (Lipinski definition) is 3. The molecule has 1 unspecified atom stereocenters. The van der Waals surface area contributed by atoms with E-state index in [1.54, 1.807) is 9.47 Å². The molecule has 6 heteroatoms. The van der Waals surface area contributed by atoms with Gasteiger partial charge in [0.25, 0.3) is 11.5 Å². The number of rotatable bonds is 4. The maximum atomic E-state index is 12.6. The molecule has 1 aliphatic heterocycles. The highest BCUT2D eigenvalue weighted by Crippen LogP contribution is 2.22. The number of likely N-dealkylation sites (tertiary alicyclic amines) is 1. The number of aromatic nitrogens is 3. The quantitative estimate of drug-likeness (QED) is 0.936. The van der Waals surface area contributed by atoms with Gasteiger partial charge in [-0.1, -0.05) is 26.8 Å². The Balaban J connectivity index is 1.75. The van der Waals surface area contributed by atoms with Gasteiger partial charge in [-0.25, -0.2) is 0 Å². The van der Waals surface area contributed by atoms with Crippen molar-refractivity contribution in [1.82, 2.24) is 19.7 Å². The van der Waals surface area contributed by atoms with Gasteiger partial charge in [0, 0.05) is 24.8 Å². The predicted molar refractivity (Wildman–Crippen MR) is 92.3 cm³/mol. The normalized spacial score (nSPS) is 17.7. The Labute approximate surface area is 141 Å². The second-order valence-electron chi connectivity index (χ2n) is 6.65. The second kappa shape index (κ2) is 6.63. The van der Waals surface area contributed by atoms with E-state index >= 15 is 0 Å². The summed E-state index contributed by atoms with van der Waals surface area (Å²) in [6.45, 7) is 7.28. The minimum Gasteiger partial charge on any atom is -0.335 e. The van der Waals surface area contributed by atoms with E-state index < -0.39 is 0 Å². The first-order chi connectivity index (χ1) is 11.5. The monoisotopic (exact) mass is 328 g/mol. The van der Waals surface area contributed by atoms with Crippen LogP contribution in [-0.4, -0.2) is 38.7 Å². The van der Waals surface area contributed by atoms with Crippen LogP contribution in [0.4, 0.5) is 0 Å². The Morgan fingerprint density at radius 1 is 1.46 bits per heavy atom. The van der Waals surface area contributed by atoms with Gasteiger partial charge in [-0.3, -0.25) is 14.7 Å². The van der Waals surface area contributed by atoms with Gasteiger partial charge in [-0.15, -0.1) is 0 Å². The molecule has 0 bridgehead atoms. The average molecular weight is 328 g/mol. The van der Waals surface area contributed by atoms with Gasteiger partial charge >= 0.3 is 0 Å². The number of aromatic amines is 1. The van der Waals surface area contributed by atoms with Gasteiger partial charge in [0.05, 0.1) is 11.7 Å². The number of carbonyl (C=O) groups is 1. The molecule has 0 saturated carbocycles. The van der Waals surface area contributed by atoms with Crippen molar-refractivity contribution in [3.63, 3.8) is 0 Å². The molecule has 1 N–H and O–H groups in total. The zero-order chi connectivity index (χ0) is 17.3. The lowest BCUT2D eigenvalue weighted by atomic mass is 10.1. The van der Waals surface area contributed by atoms with Crippen molar-refractivity contribution in [2.45, 2.75) is 45.6 Å². The van der Waals surface area contributed by atoms with Crippen LogP contribution in [0, 0.1) is 0 Å². The van der Waals surface area contributed by atoms with Crippen molar-refractivity contribution in [2.24, 2.45) is 0 Å². The van der Waals surface area contributed by atoms with Gasteiger partial charge < -0.3 is 9.47 Å². The molecule has 3 heterocycles. The molecular formula is C18H24N4O2. The summed E-state index contributed by atoms with van der Waals surface area (Å²) in [7, 11) is 0. The zero-order valence-corrected chi connectivity index (χ0v) is 14.5. The maximum Gasteiger partial charge on any atom is 0.271 e. The van der Waals surface area contributed by atoms with E-state index in [0.717, 1.165) is 24.1 Å². The van der Waals surface area contributed by atoms with Gasteiger partial charge in [0.2, 0.25) is 0 Å².